The number of rotatable bonds is 3. The number of benzene rings is 2. The number of carbonyl (C=O) groups excluding carboxylic acids is 1. The molecule has 0 saturated heterocycles. The van der Waals surface area contributed by atoms with Crippen molar-refractivity contribution in [2.45, 2.75) is 26.4 Å². The van der Waals surface area contributed by atoms with Gasteiger partial charge in [-0.05, 0) is 37.1 Å². The van der Waals surface area contributed by atoms with Gasteiger partial charge in [0.15, 0.2) is 6.10 Å². The van der Waals surface area contributed by atoms with Gasteiger partial charge in [0, 0.05) is 12.0 Å². The summed E-state index contributed by atoms with van der Waals surface area (Å²) >= 11 is 0. The molecule has 0 saturated carbocycles. The van der Waals surface area contributed by atoms with Crippen molar-refractivity contribution in [3.05, 3.63) is 65.5 Å². The summed E-state index contributed by atoms with van der Waals surface area (Å²) < 4.78 is 11.3. The minimum absolute atomic E-state index is 0.124. The van der Waals surface area contributed by atoms with Gasteiger partial charge in [0.1, 0.15) is 11.5 Å². The largest absolute Gasteiger partial charge is 0.478 e. The SMILES string of the molecule is Cc1noc(C)c1-c1ccc2c(c1)O[C@H](Cc1ccccc1)C(=O)N2. The molecule has 25 heavy (non-hydrogen) atoms. The molecule has 1 aliphatic heterocycles. The first kappa shape index (κ1) is 15.4. The second kappa shape index (κ2) is 6.09. The van der Waals surface area contributed by atoms with Crippen molar-refractivity contribution >= 4 is 11.6 Å². The summed E-state index contributed by atoms with van der Waals surface area (Å²) in [6.07, 6.45) is -0.0170. The van der Waals surface area contributed by atoms with Gasteiger partial charge >= 0.3 is 0 Å². The minimum Gasteiger partial charge on any atom is -0.478 e. The molecule has 0 spiro atoms. The van der Waals surface area contributed by atoms with Crippen LogP contribution >= 0.6 is 0 Å². The fourth-order valence-corrected chi connectivity index (χ4v) is 3.16. The molecule has 3 aromatic rings. The maximum atomic E-state index is 12.3. The number of aryl methyl sites for hydroxylation is 2. The average molecular weight is 334 g/mol. The van der Waals surface area contributed by atoms with Crippen LogP contribution in [0.1, 0.15) is 17.0 Å². The number of fused-ring (bicyclic) bond motifs is 1. The molecule has 5 heteroatoms. The van der Waals surface area contributed by atoms with Gasteiger partial charge in [-0.1, -0.05) is 41.6 Å². The Balaban J connectivity index is 1.65. The molecule has 1 amide bonds. The van der Waals surface area contributed by atoms with Crippen molar-refractivity contribution in [3.8, 4) is 16.9 Å². The van der Waals surface area contributed by atoms with Gasteiger partial charge in [-0.25, -0.2) is 0 Å². The van der Waals surface area contributed by atoms with Gasteiger partial charge in [-0.2, -0.15) is 0 Å². The molecule has 0 aliphatic carbocycles. The third-order valence-corrected chi connectivity index (χ3v) is 4.39. The van der Waals surface area contributed by atoms with Crippen LogP contribution in [0.4, 0.5) is 5.69 Å². The molecule has 0 bridgehead atoms. The van der Waals surface area contributed by atoms with Crippen LogP contribution in [0.3, 0.4) is 0 Å². The number of nitrogens with one attached hydrogen (secondary N) is 1. The monoisotopic (exact) mass is 334 g/mol. The first-order chi connectivity index (χ1) is 12.1. The van der Waals surface area contributed by atoms with Crippen LogP contribution in [0.25, 0.3) is 11.1 Å². The summed E-state index contributed by atoms with van der Waals surface area (Å²) in [5.74, 6) is 1.30. The van der Waals surface area contributed by atoms with Gasteiger partial charge in [0.05, 0.1) is 11.4 Å². The quantitative estimate of drug-likeness (QED) is 0.789. The number of anilines is 1. The fraction of sp³-hybridized carbons (Fsp3) is 0.200. The summed E-state index contributed by atoms with van der Waals surface area (Å²) in [6, 6.07) is 15.6. The van der Waals surface area contributed by atoms with E-state index in [1.807, 2.05) is 62.4 Å². The molecule has 1 N–H and O–H groups in total. The van der Waals surface area contributed by atoms with Crippen LogP contribution < -0.4 is 10.1 Å². The maximum absolute atomic E-state index is 12.3. The van der Waals surface area contributed by atoms with Crippen LogP contribution in [-0.2, 0) is 11.2 Å². The van der Waals surface area contributed by atoms with E-state index in [-0.39, 0.29) is 5.91 Å². The van der Waals surface area contributed by atoms with E-state index in [9.17, 15) is 4.79 Å². The van der Waals surface area contributed by atoms with Crippen LogP contribution in [0.5, 0.6) is 5.75 Å². The Morgan fingerprint density at radius 3 is 2.64 bits per heavy atom. The lowest BCUT2D eigenvalue weighted by atomic mass is 10.0. The van der Waals surface area contributed by atoms with Gasteiger partial charge in [0.2, 0.25) is 0 Å². The Bertz CT molecular complexity index is 912. The van der Waals surface area contributed by atoms with E-state index in [0.717, 1.165) is 28.1 Å². The third kappa shape index (κ3) is 2.89. The number of nitrogens with zero attached hydrogens (tertiary/aromatic N) is 1. The number of aromatic nitrogens is 1. The van der Waals surface area contributed by atoms with Crippen molar-refractivity contribution in [2.75, 3.05) is 5.32 Å². The second-order valence-electron chi connectivity index (χ2n) is 6.20. The molecule has 1 aliphatic rings. The standard InChI is InChI=1S/C20H18N2O3/c1-12-19(13(2)25-22-12)15-8-9-16-17(11-15)24-18(20(23)21-16)10-14-6-4-3-5-7-14/h3-9,11,18H,10H2,1-2H3,(H,21,23)/t18-/m1/s1. The highest BCUT2D eigenvalue weighted by molar-refractivity contribution is 5.98. The molecule has 2 aromatic carbocycles. The smallest absolute Gasteiger partial charge is 0.265 e. The molecule has 2 heterocycles. The van der Waals surface area contributed by atoms with Crippen molar-refractivity contribution in [1.29, 1.82) is 0 Å². The third-order valence-electron chi connectivity index (χ3n) is 4.39. The Labute approximate surface area is 145 Å². The lowest BCUT2D eigenvalue weighted by molar-refractivity contribution is -0.123. The van der Waals surface area contributed by atoms with Crippen molar-refractivity contribution in [2.24, 2.45) is 0 Å². The molecular weight excluding hydrogens is 316 g/mol. The summed E-state index contributed by atoms with van der Waals surface area (Å²) in [6.45, 7) is 3.79. The Hall–Kier alpha value is -3.08. The highest BCUT2D eigenvalue weighted by Crippen LogP contribution is 2.36. The van der Waals surface area contributed by atoms with Crippen LogP contribution in [0, 0.1) is 13.8 Å². The van der Waals surface area contributed by atoms with E-state index < -0.39 is 6.10 Å². The van der Waals surface area contributed by atoms with Crippen molar-refractivity contribution in [1.82, 2.24) is 5.16 Å². The highest BCUT2D eigenvalue weighted by atomic mass is 16.5. The molecule has 0 fully saturated rings. The van der Waals surface area contributed by atoms with Gasteiger partial charge in [-0.3, -0.25) is 4.79 Å². The van der Waals surface area contributed by atoms with Gasteiger partial charge < -0.3 is 14.6 Å². The van der Waals surface area contributed by atoms with Crippen LogP contribution in [0.15, 0.2) is 53.1 Å². The Morgan fingerprint density at radius 2 is 1.92 bits per heavy atom. The fourth-order valence-electron chi connectivity index (χ4n) is 3.16. The predicted molar refractivity (Wildman–Crippen MR) is 94.6 cm³/mol. The van der Waals surface area contributed by atoms with E-state index in [1.54, 1.807) is 0 Å². The predicted octanol–water partition coefficient (Wildman–Crippen LogP) is 3.90. The summed E-state index contributed by atoms with van der Waals surface area (Å²) in [5.41, 5.74) is 4.50. The number of ether oxygens (including phenoxy) is 1. The van der Waals surface area contributed by atoms with Crippen molar-refractivity contribution < 1.29 is 14.1 Å². The average Bonchev–Trinajstić information content (AvgIpc) is 2.95. The lowest BCUT2D eigenvalue weighted by Gasteiger charge is -2.26. The van der Waals surface area contributed by atoms with Crippen LogP contribution in [-0.4, -0.2) is 17.2 Å². The molecular formula is C20H18N2O3. The first-order valence-electron chi connectivity index (χ1n) is 8.20. The van der Waals surface area contributed by atoms with Crippen LogP contribution in [0.2, 0.25) is 0 Å². The molecule has 4 rings (SSSR count). The first-order valence-corrected chi connectivity index (χ1v) is 8.20. The van der Waals surface area contributed by atoms with E-state index in [2.05, 4.69) is 10.5 Å². The number of amides is 1. The van der Waals surface area contributed by atoms with Gasteiger partial charge in [-0.15, -0.1) is 0 Å². The highest BCUT2D eigenvalue weighted by Gasteiger charge is 2.28. The molecule has 1 aromatic heterocycles. The molecule has 126 valence electrons. The maximum Gasteiger partial charge on any atom is 0.265 e. The minimum atomic E-state index is -0.546. The van der Waals surface area contributed by atoms with E-state index in [0.29, 0.717) is 17.9 Å². The zero-order valence-electron chi connectivity index (χ0n) is 14.1. The Morgan fingerprint density at radius 1 is 1.12 bits per heavy atom. The van der Waals surface area contributed by atoms with Gasteiger partial charge in [0.25, 0.3) is 5.91 Å². The zero-order chi connectivity index (χ0) is 17.4. The molecule has 0 unspecified atom stereocenters. The molecule has 1 atom stereocenters. The number of hydrogen-bond donors (Lipinski definition) is 1. The normalized spacial score (nSPS) is 16.1. The Kier molecular flexibility index (Phi) is 3.76. The summed E-state index contributed by atoms with van der Waals surface area (Å²) in [4.78, 5) is 12.3. The molecule has 0 radical (unpaired) electrons. The van der Waals surface area contributed by atoms with E-state index in [1.165, 1.54) is 0 Å². The van der Waals surface area contributed by atoms with Crippen molar-refractivity contribution in [3.63, 3.8) is 0 Å². The summed E-state index contributed by atoms with van der Waals surface area (Å²) in [7, 11) is 0. The second-order valence-corrected chi connectivity index (χ2v) is 6.20. The van der Waals surface area contributed by atoms with E-state index >= 15 is 0 Å². The topological polar surface area (TPSA) is 64.4 Å². The van der Waals surface area contributed by atoms with E-state index in [4.69, 9.17) is 9.26 Å². The zero-order valence-corrected chi connectivity index (χ0v) is 14.1. The lowest BCUT2D eigenvalue weighted by Crippen LogP contribution is -2.38. The number of hydrogen-bond acceptors (Lipinski definition) is 4. The summed E-state index contributed by atoms with van der Waals surface area (Å²) in [5, 5.41) is 6.93. The molecule has 5 nitrogen and oxygen atoms in total. The number of carbonyl (C=O) groups is 1.